The van der Waals surface area contributed by atoms with Crippen molar-refractivity contribution < 1.29 is 14.3 Å². The fraction of sp³-hybridized carbons (Fsp3) is 0.522. The Bertz CT molecular complexity index is 699. The molecule has 0 saturated heterocycles. The highest BCUT2D eigenvalue weighted by Crippen LogP contribution is 2.21. The summed E-state index contributed by atoms with van der Waals surface area (Å²) in [4.78, 5) is 20.4. The van der Waals surface area contributed by atoms with Crippen LogP contribution >= 0.6 is 0 Å². The van der Waals surface area contributed by atoms with E-state index in [0.717, 1.165) is 36.3 Å². The molecule has 0 bridgehead atoms. The average molecular weight is 385 g/mol. The maximum Gasteiger partial charge on any atom is 0.312 e. The molecule has 1 heterocycles. The minimum Gasteiger partial charge on any atom is -0.493 e. The number of hydrogen-bond acceptors (Lipinski definition) is 5. The molecule has 0 amide bonds. The van der Waals surface area contributed by atoms with Gasteiger partial charge in [0.25, 0.3) is 0 Å². The van der Waals surface area contributed by atoms with Crippen LogP contribution in [0, 0.1) is 5.92 Å². The van der Waals surface area contributed by atoms with Gasteiger partial charge < -0.3 is 9.47 Å². The highest BCUT2D eigenvalue weighted by atomic mass is 16.5. The van der Waals surface area contributed by atoms with Crippen LogP contribution in [0.25, 0.3) is 11.3 Å². The van der Waals surface area contributed by atoms with Gasteiger partial charge >= 0.3 is 5.97 Å². The van der Waals surface area contributed by atoms with Crippen molar-refractivity contribution in [2.75, 3.05) is 6.61 Å². The Morgan fingerprint density at radius 1 is 1.00 bits per heavy atom. The van der Waals surface area contributed by atoms with E-state index in [9.17, 15) is 4.79 Å². The fourth-order valence-corrected chi connectivity index (χ4v) is 2.64. The van der Waals surface area contributed by atoms with E-state index in [0.29, 0.717) is 18.9 Å². The lowest BCUT2D eigenvalue weighted by molar-refractivity contribution is -0.134. The molecule has 0 aliphatic heterocycles. The molecule has 0 N–H and O–H groups in total. The van der Waals surface area contributed by atoms with Crippen molar-refractivity contribution in [2.24, 2.45) is 5.92 Å². The normalized spacial score (nSPS) is 11.8. The van der Waals surface area contributed by atoms with Crippen LogP contribution in [-0.2, 0) is 4.79 Å². The summed E-state index contributed by atoms with van der Waals surface area (Å²) in [5, 5.41) is 0. The lowest BCUT2D eigenvalue weighted by atomic mass is 10.1. The lowest BCUT2D eigenvalue weighted by Crippen LogP contribution is -2.09. The molecule has 152 valence electrons. The van der Waals surface area contributed by atoms with E-state index in [-0.39, 0.29) is 11.8 Å². The van der Waals surface area contributed by atoms with Crippen molar-refractivity contribution in [1.82, 2.24) is 9.97 Å². The molecule has 1 aromatic carbocycles. The minimum atomic E-state index is -0.249. The maximum atomic E-state index is 11.9. The van der Waals surface area contributed by atoms with Gasteiger partial charge in [0.2, 0.25) is 5.88 Å². The van der Waals surface area contributed by atoms with Crippen LogP contribution in [-0.4, -0.2) is 22.5 Å². The number of ether oxygens (including phenoxy) is 2. The number of esters is 1. The summed E-state index contributed by atoms with van der Waals surface area (Å²) in [6, 6.07) is 7.79. The number of benzene rings is 1. The first-order valence-corrected chi connectivity index (χ1v) is 10.4. The molecule has 1 unspecified atom stereocenters. The summed E-state index contributed by atoms with van der Waals surface area (Å²) in [5.41, 5.74) is 1.67. The van der Waals surface area contributed by atoms with E-state index in [4.69, 9.17) is 9.47 Å². The molecule has 0 spiro atoms. The summed E-state index contributed by atoms with van der Waals surface area (Å²) in [6.45, 7) is 7.22. The Hall–Kier alpha value is -2.43. The van der Waals surface area contributed by atoms with Gasteiger partial charge in [0, 0.05) is 12.0 Å². The number of nitrogens with zero attached hydrogens (tertiary/aromatic N) is 2. The molecule has 2 rings (SSSR count). The van der Waals surface area contributed by atoms with Crippen molar-refractivity contribution in [1.29, 1.82) is 0 Å². The zero-order valence-electron chi connectivity index (χ0n) is 17.3. The monoisotopic (exact) mass is 384 g/mol. The van der Waals surface area contributed by atoms with Crippen molar-refractivity contribution in [2.45, 2.75) is 65.7 Å². The SMILES string of the molecule is CCCCCCCC(=O)Oc1cnc(-c2ccc(OCC(C)CC)cc2)cn1. The summed E-state index contributed by atoms with van der Waals surface area (Å²) >= 11 is 0. The number of carbonyl (C=O) groups is 1. The number of unbranched alkanes of at least 4 members (excludes halogenated alkanes) is 4. The van der Waals surface area contributed by atoms with Crippen LogP contribution in [0.3, 0.4) is 0 Å². The molecular formula is C23H32N2O3. The Morgan fingerprint density at radius 3 is 2.39 bits per heavy atom. The van der Waals surface area contributed by atoms with Gasteiger partial charge in [0.05, 0.1) is 24.7 Å². The smallest absolute Gasteiger partial charge is 0.312 e. The topological polar surface area (TPSA) is 61.3 Å². The van der Waals surface area contributed by atoms with Gasteiger partial charge in [-0.1, -0.05) is 52.9 Å². The average Bonchev–Trinajstić information content (AvgIpc) is 2.73. The standard InChI is InChI=1S/C23H32N2O3/c1-4-6-7-8-9-10-23(26)28-22-16-24-21(15-25-22)19-11-13-20(14-12-19)27-17-18(3)5-2/h11-16,18H,4-10,17H2,1-3H3. The van der Waals surface area contributed by atoms with Crippen LogP contribution in [0.5, 0.6) is 11.6 Å². The molecule has 5 nitrogen and oxygen atoms in total. The zero-order chi connectivity index (χ0) is 20.2. The van der Waals surface area contributed by atoms with Gasteiger partial charge in [-0.25, -0.2) is 9.97 Å². The molecule has 0 aliphatic rings. The second-order valence-electron chi connectivity index (χ2n) is 7.23. The molecule has 1 atom stereocenters. The van der Waals surface area contributed by atoms with Crippen molar-refractivity contribution in [3.05, 3.63) is 36.7 Å². The molecule has 0 saturated carbocycles. The highest BCUT2D eigenvalue weighted by Gasteiger charge is 2.08. The Kier molecular flexibility index (Phi) is 9.46. The summed E-state index contributed by atoms with van der Waals surface area (Å²) in [6.07, 6.45) is 10.1. The molecule has 0 aliphatic carbocycles. The zero-order valence-corrected chi connectivity index (χ0v) is 17.3. The van der Waals surface area contributed by atoms with E-state index < -0.39 is 0 Å². The molecule has 2 aromatic rings. The van der Waals surface area contributed by atoms with Gasteiger partial charge in [-0.2, -0.15) is 0 Å². The van der Waals surface area contributed by atoms with Crippen molar-refractivity contribution >= 4 is 5.97 Å². The van der Waals surface area contributed by atoms with Crippen molar-refractivity contribution in [3.8, 4) is 22.9 Å². The van der Waals surface area contributed by atoms with Crippen LogP contribution in [0.1, 0.15) is 65.7 Å². The highest BCUT2D eigenvalue weighted by molar-refractivity contribution is 5.71. The van der Waals surface area contributed by atoms with E-state index in [1.165, 1.54) is 25.5 Å². The van der Waals surface area contributed by atoms with Gasteiger partial charge in [0.15, 0.2) is 0 Å². The first-order chi connectivity index (χ1) is 13.6. The maximum absolute atomic E-state index is 11.9. The first-order valence-electron chi connectivity index (χ1n) is 10.4. The summed E-state index contributed by atoms with van der Waals surface area (Å²) in [5.74, 6) is 1.39. The van der Waals surface area contributed by atoms with E-state index in [2.05, 4.69) is 30.7 Å². The number of aromatic nitrogens is 2. The Morgan fingerprint density at radius 2 is 1.75 bits per heavy atom. The second-order valence-corrected chi connectivity index (χ2v) is 7.23. The molecule has 28 heavy (non-hydrogen) atoms. The van der Waals surface area contributed by atoms with Crippen LogP contribution < -0.4 is 9.47 Å². The van der Waals surface area contributed by atoms with Crippen LogP contribution in [0.15, 0.2) is 36.7 Å². The number of rotatable bonds is 12. The third-order valence-corrected chi connectivity index (χ3v) is 4.71. The Balaban J connectivity index is 1.82. The lowest BCUT2D eigenvalue weighted by Gasteiger charge is -2.11. The largest absolute Gasteiger partial charge is 0.493 e. The molecule has 0 fully saturated rings. The molecular weight excluding hydrogens is 352 g/mol. The molecule has 1 aromatic heterocycles. The number of carbonyl (C=O) groups excluding carboxylic acids is 1. The molecule has 5 heteroatoms. The summed E-state index contributed by atoms with van der Waals surface area (Å²) in [7, 11) is 0. The van der Waals surface area contributed by atoms with Gasteiger partial charge in [-0.05, 0) is 36.6 Å². The quantitative estimate of drug-likeness (QED) is 0.340. The first kappa shape index (κ1) is 21.9. The second kappa shape index (κ2) is 12.1. The van der Waals surface area contributed by atoms with E-state index in [1.807, 2.05) is 24.3 Å². The third-order valence-electron chi connectivity index (χ3n) is 4.71. The van der Waals surface area contributed by atoms with Gasteiger partial charge in [-0.3, -0.25) is 4.79 Å². The predicted octanol–water partition coefficient (Wildman–Crippen LogP) is 5.83. The predicted molar refractivity (Wildman–Crippen MR) is 111 cm³/mol. The van der Waals surface area contributed by atoms with E-state index >= 15 is 0 Å². The number of hydrogen-bond donors (Lipinski definition) is 0. The summed E-state index contributed by atoms with van der Waals surface area (Å²) < 4.78 is 11.0. The van der Waals surface area contributed by atoms with E-state index in [1.54, 1.807) is 6.20 Å². The fourth-order valence-electron chi connectivity index (χ4n) is 2.64. The van der Waals surface area contributed by atoms with Gasteiger partial charge in [-0.15, -0.1) is 0 Å². The minimum absolute atomic E-state index is 0.246. The van der Waals surface area contributed by atoms with Crippen molar-refractivity contribution in [3.63, 3.8) is 0 Å². The molecule has 0 radical (unpaired) electrons. The third kappa shape index (κ3) is 7.67. The van der Waals surface area contributed by atoms with Crippen LogP contribution in [0.4, 0.5) is 0 Å². The van der Waals surface area contributed by atoms with Gasteiger partial charge in [0.1, 0.15) is 5.75 Å². The van der Waals surface area contributed by atoms with Crippen LogP contribution in [0.2, 0.25) is 0 Å². The Labute approximate surface area is 168 Å².